The van der Waals surface area contributed by atoms with E-state index in [1.165, 1.54) is 0 Å². The van der Waals surface area contributed by atoms with Gasteiger partial charge in [-0.2, -0.15) is 0 Å². The number of hydrogen-bond acceptors (Lipinski definition) is 7. The molecule has 1 saturated heterocycles. The van der Waals surface area contributed by atoms with Crippen LogP contribution in [0.4, 0.5) is 10.5 Å². The quantitative estimate of drug-likeness (QED) is 0.729. The number of anilines is 1. The smallest absolute Gasteiger partial charge is 0.290 e. The van der Waals surface area contributed by atoms with Crippen LogP contribution in [0.5, 0.6) is 5.75 Å². The lowest BCUT2D eigenvalue weighted by molar-refractivity contribution is -0.126. The van der Waals surface area contributed by atoms with Crippen LogP contribution in [0.2, 0.25) is 0 Å². The molecule has 1 atom stereocenters. The van der Waals surface area contributed by atoms with Crippen molar-refractivity contribution in [2.24, 2.45) is 0 Å². The summed E-state index contributed by atoms with van der Waals surface area (Å²) in [6.45, 7) is -0.0867. The van der Waals surface area contributed by atoms with Gasteiger partial charge in [0.2, 0.25) is 0 Å². The van der Waals surface area contributed by atoms with Gasteiger partial charge < -0.3 is 10.1 Å². The molecule has 9 heteroatoms. The van der Waals surface area contributed by atoms with Crippen LogP contribution in [0.15, 0.2) is 48.5 Å². The van der Waals surface area contributed by atoms with Gasteiger partial charge in [0.05, 0.1) is 18.2 Å². The molecule has 0 radical (unpaired) electrons. The highest BCUT2D eigenvalue weighted by Crippen LogP contribution is 2.29. The molecule has 2 aromatic rings. The van der Waals surface area contributed by atoms with Gasteiger partial charge in [0, 0.05) is 18.8 Å². The Kier molecular flexibility index (Phi) is 4.98. The molecule has 4 amide bonds. The SMILES string of the molecule is COc1ccc(NC2SC(=O)N(CCN3C(=O)c4ccccc4C3=O)C2=O)cc1. The largest absolute Gasteiger partial charge is 0.497 e. The van der Waals surface area contributed by atoms with Crippen molar-refractivity contribution >= 4 is 40.4 Å². The zero-order valence-electron chi connectivity index (χ0n) is 15.5. The number of fused-ring (bicyclic) bond motifs is 1. The highest BCUT2D eigenvalue weighted by molar-refractivity contribution is 8.15. The van der Waals surface area contributed by atoms with Gasteiger partial charge in [0.25, 0.3) is 23.0 Å². The Balaban J connectivity index is 1.40. The first-order valence-corrected chi connectivity index (χ1v) is 9.75. The fraction of sp³-hybridized carbons (Fsp3) is 0.200. The van der Waals surface area contributed by atoms with Crippen LogP contribution in [0.1, 0.15) is 20.7 Å². The predicted molar refractivity (Wildman–Crippen MR) is 107 cm³/mol. The minimum absolute atomic E-state index is 0.0420. The van der Waals surface area contributed by atoms with E-state index < -0.39 is 28.3 Å². The van der Waals surface area contributed by atoms with Crippen molar-refractivity contribution in [2.75, 3.05) is 25.5 Å². The topological polar surface area (TPSA) is 96.0 Å². The van der Waals surface area contributed by atoms with Crippen molar-refractivity contribution in [3.05, 3.63) is 59.7 Å². The van der Waals surface area contributed by atoms with Crippen molar-refractivity contribution in [1.82, 2.24) is 9.80 Å². The van der Waals surface area contributed by atoms with Crippen molar-refractivity contribution in [3.8, 4) is 5.75 Å². The minimum Gasteiger partial charge on any atom is -0.497 e. The molecule has 148 valence electrons. The third-order valence-electron chi connectivity index (χ3n) is 4.74. The van der Waals surface area contributed by atoms with E-state index >= 15 is 0 Å². The molecule has 2 heterocycles. The van der Waals surface area contributed by atoms with Gasteiger partial charge in [0.15, 0.2) is 5.37 Å². The second-order valence-electron chi connectivity index (χ2n) is 6.43. The first-order valence-electron chi connectivity index (χ1n) is 8.87. The summed E-state index contributed by atoms with van der Waals surface area (Å²) in [6.07, 6.45) is 0. The Morgan fingerprint density at radius 2 is 1.48 bits per heavy atom. The van der Waals surface area contributed by atoms with Crippen molar-refractivity contribution in [2.45, 2.75) is 5.37 Å². The fourth-order valence-electron chi connectivity index (χ4n) is 3.22. The molecule has 0 spiro atoms. The van der Waals surface area contributed by atoms with Crippen molar-refractivity contribution in [3.63, 3.8) is 0 Å². The van der Waals surface area contributed by atoms with E-state index in [9.17, 15) is 19.2 Å². The number of carbonyl (C=O) groups excluding carboxylic acids is 4. The molecule has 2 aliphatic heterocycles. The Bertz CT molecular complexity index is 972. The van der Waals surface area contributed by atoms with Crippen LogP contribution < -0.4 is 10.1 Å². The second kappa shape index (κ2) is 7.59. The maximum atomic E-state index is 12.6. The normalized spacial score (nSPS) is 18.4. The van der Waals surface area contributed by atoms with E-state index in [0.717, 1.165) is 21.6 Å². The molecular formula is C20H17N3O5S. The monoisotopic (exact) mass is 411 g/mol. The van der Waals surface area contributed by atoms with E-state index in [1.807, 2.05) is 0 Å². The highest BCUT2D eigenvalue weighted by Gasteiger charge is 2.41. The van der Waals surface area contributed by atoms with Gasteiger partial charge in [-0.15, -0.1) is 0 Å². The zero-order chi connectivity index (χ0) is 20.5. The standard InChI is InChI=1S/C20H17N3O5S/c1-28-13-8-6-12(7-9-13)21-16-19(26)23(20(27)29-16)11-10-22-17(24)14-4-2-3-5-15(14)18(22)25/h2-9,16,21H,10-11H2,1H3. The molecule has 2 aliphatic rings. The molecule has 0 saturated carbocycles. The molecule has 1 fully saturated rings. The number of rotatable bonds is 6. The van der Waals surface area contributed by atoms with E-state index in [-0.39, 0.29) is 13.1 Å². The number of nitrogens with one attached hydrogen (secondary N) is 1. The second-order valence-corrected chi connectivity index (χ2v) is 7.49. The van der Waals surface area contributed by atoms with Gasteiger partial charge in [-0.05, 0) is 48.2 Å². The molecule has 29 heavy (non-hydrogen) atoms. The summed E-state index contributed by atoms with van der Waals surface area (Å²) in [6, 6.07) is 13.5. The summed E-state index contributed by atoms with van der Waals surface area (Å²) in [5.74, 6) is -0.553. The zero-order valence-corrected chi connectivity index (χ0v) is 16.3. The van der Waals surface area contributed by atoms with E-state index in [0.29, 0.717) is 22.6 Å². The van der Waals surface area contributed by atoms with Crippen LogP contribution in [-0.4, -0.2) is 58.3 Å². The maximum absolute atomic E-state index is 12.6. The van der Waals surface area contributed by atoms with Gasteiger partial charge in [0.1, 0.15) is 5.75 Å². The highest BCUT2D eigenvalue weighted by atomic mass is 32.2. The number of methoxy groups -OCH3 is 1. The molecular weight excluding hydrogens is 394 g/mol. The summed E-state index contributed by atoms with van der Waals surface area (Å²) in [5, 5.41) is 1.83. The summed E-state index contributed by atoms with van der Waals surface area (Å²) < 4.78 is 5.09. The first-order chi connectivity index (χ1) is 14.0. The number of carbonyl (C=O) groups is 4. The minimum atomic E-state index is -0.766. The third kappa shape index (κ3) is 3.44. The first kappa shape index (κ1) is 19.0. The van der Waals surface area contributed by atoms with Crippen LogP contribution in [-0.2, 0) is 4.79 Å². The molecule has 4 rings (SSSR count). The Hall–Kier alpha value is -3.33. The molecule has 1 unspecified atom stereocenters. The summed E-state index contributed by atoms with van der Waals surface area (Å²) in [4.78, 5) is 51.9. The molecule has 8 nitrogen and oxygen atoms in total. The summed E-state index contributed by atoms with van der Waals surface area (Å²) in [7, 11) is 1.56. The van der Waals surface area contributed by atoms with Crippen LogP contribution in [0, 0.1) is 0 Å². The number of thioether (sulfide) groups is 1. The Morgan fingerprint density at radius 3 is 2.07 bits per heavy atom. The third-order valence-corrected chi connectivity index (χ3v) is 5.72. The maximum Gasteiger partial charge on any atom is 0.290 e. The lowest BCUT2D eigenvalue weighted by Crippen LogP contribution is -2.41. The van der Waals surface area contributed by atoms with Gasteiger partial charge in [-0.1, -0.05) is 12.1 Å². The molecule has 0 aliphatic carbocycles. The van der Waals surface area contributed by atoms with E-state index in [4.69, 9.17) is 4.74 Å². The average molecular weight is 411 g/mol. The van der Waals surface area contributed by atoms with Crippen LogP contribution in [0.25, 0.3) is 0 Å². The Labute approximate surface area is 170 Å². The molecule has 1 N–H and O–H groups in total. The summed E-state index contributed by atoms with van der Waals surface area (Å²) >= 11 is 0.865. The van der Waals surface area contributed by atoms with Crippen LogP contribution >= 0.6 is 11.8 Å². The van der Waals surface area contributed by atoms with Gasteiger partial charge in [-0.3, -0.25) is 29.0 Å². The van der Waals surface area contributed by atoms with Gasteiger partial charge in [-0.25, -0.2) is 0 Å². The number of imide groups is 2. The average Bonchev–Trinajstić information content (AvgIpc) is 3.14. The van der Waals surface area contributed by atoms with E-state index in [1.54, 1.807) is 55.6 Å². The Morgan fingerprint density at radius 1 is 0.897 bits per heavy atom. The van der Waals surface area contributed by atoms with Crippen LogP contribution in [0.3, 0.4) is 0 Å². The number of ether oxygens (including phenoxy) is 1. The fourth-order valence-corrected chi connectivity index (χ4v) is 4.15. The summed E-state index contributed by atoms with van der Waals surface area (Å²) in [5.41, 5.74) is 1.35. The lowest BCUT2D eigenvalue weighted by atomic mass is 10.1. The molecule has 0 bridgehead atoms. The lowest BCUT2D eigenvalue weighted by Gasteiger charge is -2.19. The number of nitrogens with zero attached hydrogens (tertiary/aromatic N) is 2. The van der Waals surface area contributed by atoms with E-state index in [2.05, 4.69) is 5.32 Å². The number of hydrogen-bond donors (Lipinski definition) is 1. The van der Waals surface area contributed by atoms with Crippen molar-refractivity contribution < 1.29 is 23.9 Å². The predicted octanol–water partition coefficient (Wildman–Crippen LogP) is 2.42. The number of amides is 4. The molecule has 2 aromatic carbocycles. The van der Waals surface area contributed by atoms with Crippen molar-refractivity contribution in [1.29, 1.82) is 0 Å². The molecule has 0 aromatic heterocycles. The number of benzene rings is 2. The van der Waals surface area contributed by atoms with Gasteiger partial charge >= 0.3 is 0 Å².